The summed E-state index contributed by atoms with van der Waals surface area (Å²) < 4.78 is 2.00. The number of rotatable bonds is 6. The molecule has 0 aliphatic carbocycles. The zero-order chi connectivity index (χ0) is 13.7. The summed E-state index contributed by atoms with van der Waals surface area (Å²) in [6.45, 7) is 11.1. The van der Waals surface area contributed by atoms with Gasteiger partial charge in [0.2, 0.25) is 0 Å². The molecule has 2 rings (SSSR count). The molecule has 1 aromatic rings. The minimum atomic E-state index is 0.380. The molecule has 5 nitrogen and oxygen atoms in total. The fourth-order valence-electron chi connectivity index (χ4n) is 2.74. The van der Waals surface area contributed by atoms with Crippen molar-refractivity contribution >= 4 is 0 Å². The van der Waals surface area contributed by atoms with Crippen molar-refractivity contribution in [2.24, 2.45) is 0 Å². The lowest BCUT2D eigenvalue weighted by Crippen LogP contribution is -2.42. The van der Waals surface area contributed by atoms with E-state index in [1.54, 1.807) is 6.33 Å². The highest BCUT2D eigenvalue weighted by Crippen LogP contribution is 2.12. The minimum absolute atomic E-state index is 0.380. The van der Waals surface area contributed by atoms with E-state index in [1.807, 2.05) is 4.68 Å². The summed E-state index contributed by atoms with van der Waals surface area (Å²) in [4.78, 5) is 6.91. The van der Waals surface area contributed by atoms with Crippen molar-refractivity contribution in [1.29, 1.82) is 0 Å². The summed E-state index contributed by atoms with van der Waals surface area (Å²) in [5, 5.41) is 7.91. The number of aromatic nitrogens is 3. The molecular formula is C14H27N5. The van der Waals surface area contributed by atoms with E-state index in [2.05, 4.69) is 41.1 Å². The topological polar surface area (TPSA) is 46.0 Å². The highest BCUT2D eigenvalue weighted by atomic mass is 15.4. The second kappa shape index (κ2) is 7.01. The van der Waals surface area contributed by atoms with Gasteiger partial charge in [0, 0.05) is 12.1 Å². The highest BCUT2D eigenvalue weighted by molar-refractivity contribution is 4.88. The molecule has 0 aromatic carbocycles. The normalized spacial score (nSPS) is 18.3. The summed E-state index contributed by atoms with van der Waals surface area (Å²) in [5.41, 5.74) is 0. The Morgan fingerprint density at radius 3 is 2.74 bits per heavy atom. The lowest BCUT2D eigenvalue weighted by Gasteiger charge is -2.32. The van der Waals surface area contributed by atoms with Crippen molar-refractivity contribution in [3.63, 3.8) is 0 Å². The molecule has 0 radical (unpaired) electrons. The van der Waals surface area contributed by atoms with Crippen molar-refractivity contribution in [1.82, 2.24) is 25.0 Å². The third kappa shape index (κ3) is 4.01. The summed E-state index contributed by atoms with van der Waals surface area (Å²) >= 11 is 0. The first-order valence-electron chi connectivity index (χ1n) is 7.54. The molecule has 1 saturated heterocycles. The first kappa shape index (κ1) is 14.5. The van der Waals surface area contributed by atoms with Gasteiger partial charge >= 0.3 is 0 Å². The maximum absolute atomic E-state index is 4.35. The van der Waals surface area contributed by atoms with Gasteiger partial charge in [-0.05, 0) is 52.7 Å². The van der Waals surface area contributed by atoms with Crippen LogP contribution in [0.1, 0.15) is 51.9 Å². The zero-order valence-corrected chi connectivity index (χ0v) is 12.5. The summed E-state index contributed by atoms with van der Waals surface area (Å²) in [5.74, 6) is 1.05. The van der Waals surface area contributed by atoms with Gasteiger partial charge in [-0.3, -0.25) is 0 Å². The van der Waals surface area contributed by atoms with Crippen molar-refractivity contribution in [3.8, 4) is 0 Å². The number of hydrogen-bond acceptors (Lipinski definition) is 4. The number of nitrogens with one attached hydrogen (secondary N) is 1. The Morgan fingerprint density at radius 2 is 2.11 bits per heavy atom. The van der Waals surface area contributed by atoms with Crippen molar-refractivity contribution in [2.45, 2.75) is 58.7 Å². The molecular weight excluding hydrogens is 238 g/mol. The van der Waals surface area contributed by atoms with E-state index in [1.165, 1.54) is 38.9 Å². The van der Waals surface area contributed by atoms with Crippen molar-refractivity contribution in [2.75, 3.05) is 19.6 Å². The molecule has 0 atom stereocenters. The smallest absolute Gasteiger partial charge is 0.141 e. The number of nitrogens with zero attached hydrogens (tertiary/aromatic N) is 4. The second-order valence-electron chi connectivity index (χ2n) is 5.71. The third-order valence-electron chi connectivity index (χ3n) is 3.81. The van der Waals surface area contributed by atoms with Crippen LogP contribution in [0.3, 0.4) is 0 Å². The minimum Gasteiger partial charge on any atom is -0.307 e. The molecule has 1 aromatic heterocycles. The molecule has 1 aliphatic rings. The Balaban J connectivity index is 1.76. The van der Waals surface area contributed by atoms with Gasteiger partial charge in [-0.1, -0.05) is 6.92 Å². The Morgan fingerprint density at radius 1 is 1.37 bits per heavy atom. The van der Waals surface area contributed by atoms with Crippen LogP contribution in [0, 0.1) is 0 Å². The van der Waals surface area contributed by atoms with E-state index in [4.69, 9.17) is 0 Å². The van der Waals surface area contributed by atoms with Crippen LogP contribution < -0.4 is 5.32 Å². The van der Waals surface area contributed by atoms with Crippen LogP contribution in [0.15, 0.2) is 6.33 Å². The maximum Gasteiger partial charge on any atom is 0.141 e. The van der Waals surface area contributed by atoms with Crippen LogP contribution >= 0.6 is 0 Å². The van der Waals surface area contributed by atoms with Crippen LogP contribution in [-0.2, 0) is 6.54 Å². The number of hydrogen-bond donors (Lipinski definition) is 1. The zero-order valence-electron chi connectivity index (χ0n) is 12.5. The van der Waals surface area contributed by atoms with Gasteiger partial charge in [-0.2, -0.15) is 5.10 Å². The summed E-state index contributed by atoms with van der Waals surface area (Å²) in [7, 11) is 0. The standard InChI is InChI=1S/C14H27N5/c1-4-7-18-8-5-13(6-9-18)15-10-14-16-11-17-19(14)12(2)3/h11-13,15H,4-10H2,1-3H3. The van der Waals surface area contributed by atoms with E-state index in [0.29, 0.717) is 12.1 Å². The summed E-state index contributed by atoms with van der Waals surface area (Å²) in [6.07, 6.45) is 5.40. The van der Waals surface area contributed by atoms with Gasteiger partial charge in [0.1, 0.15) is 12.2 Å². The molecule has 2 heterocycles. The first-order chi connectivity index (χ1) is 9.20. The average molecular weight is 265 g/mol. The molecule has 108 valence electrons. The quantitative estimate of drug-likeness (QED) is 0.852. The fourth-order valence-corrected chi connectivity index (χ4v) is 2.74. The molecule has 1 aliphatic heterocycles. The Labute approximate surface area is 116 Å². The van der Waals surface area contributed by atoms with Crippen LogP contribution in [0.5, 0.6) is 0 Å². The maximum atomic E-state index is 4.35. The van der Waals surface area contributed by atoms with E-state index in [-0.39, 0.29) is 0 Å². The highest BCUT2D eigenvalue weighted by Gasteiger charge is 2.18. The van der Waals surface area contributed by atoms with Crippen LogP contribution in [0.2, 0.25) is 0 Å². The molecule has 5 heteroatoms. The van der Waals surface area contributed by atoms with Gasteiger partial charge in [0.25, 0.3) is 0 Å². The van der Waals surface area contributed by atoms with Gasteiger partial charge in [0.05, 0.1) is 6.54 Å². The largest absolute Gasteiger partial charge is 0.307 e. The van der Waals surface area contributed by atoms with E-state index >= 15 is 0 Å². The third-order valence-corrected chi connectivity index (χ3v) is 3.81. The van der Waals surface area contributed by atoms with E-state index in [9.17, 15) is 0 Å². The van der Waals surface area contributed by atoms with Gasteiger partial charge < -0.3 is 10.2 Å². The molecule has 1 fully saturated rings. The van der Waals surface area contributed by atoms with Crippen molar-refractivity contribution in [3.05, 3.63) is 12.2 Å². The van der Waals surface area contributed by atoms with Crippen LogP contribution in [0.25, 0.3) is 0 Å². The molecule has 0 unspecified atom stereocenters. The fraction of sp³-hybridized carbons (Fsp3) is 0.857. The molecule has 19 heavy (non-hydrogen) atoms. The lowest BCUT2D eigenvalue weighted by atomic mass is 10.0. The van der Waals surface area contributed by atoms with E-state index in [0.717, 1.165) is 12.4 Å². The molecule has 0 saturated carbocycles. The second-order valence-corrected chi connectivity index (χ2v) is 5.71. The molecule has 1 N–H and O–H groups in total. The van der Waals surface area contributed by atoms with Gasteiger partial charge in [-0.15, -0.1) is 0 Å². The van der Waals surface area contributed by atoms with Gasteiger partial charge in [-0.25, -0.2) is 9.67 Å². The van der Waals surface area contributed by atoms with Crippen LogP contribution in [-0.4, -0.2) is 45.3 Å². The Bertz CT molecular complexity index is 366. The Hall–Kier alpha value is -0.940. The average Bonchev–Trinajstić information content (AvgIpc) is 2.87. The monoisotopic (exact) mass is 265 g/mol. The lowest BCUT2D eigenvalue weighted by molar-refractivity contribution is 0.196. The predicted octanol–water partition coefficient (Wildman–Crippen LogP) is 1.82. The van der Waals surface area contributed by atoms with Crippen LogP contribution in [0.4, 0.5) is 0 Å². The first-order valence-corrected chi connectivity index (χ1v) is 7.54. The summed E-state index contributed by atoms with van der Waals surface area (Å²) in [6, 6.07) is 1.01. The van der Waals surface area contributed by atoms with Crippen molar-refractivity contribution < 1.29 is 0 Å². The molecule has 0 bridgehead atoms. The Kier molecular flexibility index (Phi) is 5.34. The SMILES string of the molecule is CCCN1CCC(NCc2ncnn2C(C)C)CC1. The van der Waals surface area contributed by atoms with E-state index < -0.39 is 0 Å². The molecule has 0 amide bonds. The number of piperidine rings is 1. The number of likely N-dealkylation sites (tertiary alicyclic amines) is 1. The molecule has 0 spiro atoms. The predicted molar refractivity (Wildman–Crippen MR) is 77.0 cm³/mol. The van der Waals surface area contributed by atoms with Gasteiger partial charge in [0.15, 0.2) is 0 Å².